The van der Waals surface area contributed by atoms with Crippen LogP contribution in [0, 0.1) is 5.92 Å². The van der Waals surface area contributed by atoms with Crippen LogP contribution in [-0.4, -0.2) is 45.5 Å². The molecule has 3 rings (SSSR count). The molecular formula is C21H25N3O5. The molecule has 1 N–H and O–H groups in total. The lowest BCUT2D eigenvalue weighted by molar-refractivity contribution is -0.160. The molecule has 1 atom stereocenters. The van der Waals surface area contributed by atoms with Crippen molar-refractivity contribution in [3.63, 3.8) is 0 Å². The van der Waals surface area contributed by atoms with Gasteiger partial charge in [-0.2, -0.15) is 0 Å². The maximum absolute atomic E-state index is 12.6. The van der Waals surface area contributed by atoms with Gasteiger partial charge in [0.2, 0.25) is 0 Å². The highest BCUT2D eigenvalue weighted by atomic mass is 16.5. The minimum absolute atomic E-state index is 0.231. The fourth-order valence-corrected chi connectivity index (χ4v) is 3.55. The number of nitrogens with zero attached hydrogens (tertiary/aromatic N) is 2. The van der Waals surface area contributed by atoms with E-state index in [-0.39, 0.29) is 12.5 Å². The van der Waals surface area contributed by atoms with Crippen LogP contribution in [0.1, 0.15) is 25.3 Å². The SMILES string of the molecule is C[C@@H](OC(=O)Cn1ccc(=O)[nH]c1=O)C(=O)N1CCC(Cc2ccccc2)CC1. The second-order valence-corrected chi connectivity index (χ2v) is 7.33. The van der Waals surface area contributed by atoms with Crippen LogP contribution < -0.4 is 11.2 Å². The average molecular weight is 399 g/mol. The molecule has 154 valence electrons. The van der Waals surface area contributed by atoms with E-state index in [0.717, 1.165) is 29.9 Å². The second kappa shape index (κ2) is 9.36. The summed E-state index contributed by atoms with van der Waals surface area (Å²) in [6, 6.07) is 11.4. The number of amides is 1. The number of aromatic amines is 1. The monoisotopic (exact) mass is 399 g/mol. The van der Waals surface area contributed by atoms with E-state index in [0.29, 0.717) is 19.0 Å². The van der Waals surface area contributed by atoms with E-state index in [9.17, 15) is 19.2 Å². The molecule has 0 unspecified atom stereocenters. The zero-order valence-corrected chi connectivity index (χ0v) is 16.4. The normalized spacial score (nSPS) is 15.7. The van der Waals surface area contributed by atoms with Crippen LogP contribution in [0.4, 0.5) is 0 Å². The Kier molecular flexibility index (Phi) is 6.64. The quantitative estimate of drug-likeness (QED) is 0.729. The summed E-state index contributed by atoms with van der Waals surface area (Å²) in [7, 11) is 0. The fourth-order valence-electron chi connectivity index (χ4n) is 3.55. The Morgan fingerprint density at radius 3 is 2.48 bits per heavy atom. The van der Waals surface area contributed by atoms with E-state index in [2.05, 4.69) is 17.1 Å². The smallest absolute Gasteiger partial charge is 0.328 e. The van der Waals surface area contributed by atoms with Gasteiger partial charge in [0.25, 0.3) is 11.5 Å². The molecule has 0 bridgehead atoms. The van der Waals surface area contributed by atoms with Crippen molar-refractivity contribution >= 4 is 11.9 Å². The second-order valence-electron chi connectivity index (χ2n) is 7.33. The molecule has 8 heteroatoms. The van der Waals surface area contributed by atoms with Gasteiger partial charge in [-0.05, 0) is 37.7 Å². The van der Waals surface area contributed by atoms with Gasteiger partial charge < -0.3 is 9.64 Å². The van der Waals surface area contributed by atoms with Gasteiger partial charge in [0.1, 0.15) is 6.54 Å². The summed E-state index contributed by atoms with van der Waals surface area (Å²) in [6.07, 6.45) is 3.11. The molecule has 1 aliphatic heterocycles. The summed E-state index contributed by atoms with van der Waals surface area (Å²) in [5, 5.41) is 0. The first kappa shape index (κ1) is 20.6. The predicted molar refractivity (Wildman–Crippen MR) is 106 cm³/mol. The van der Waals surface area contributed by atoms with Crippen molar-refractivity contribution < 1.29 is 14.3 Å². The molecule has 1 fully saturated rings. The summed E-state index contributed by atoms with van der Waals surface area (Å²) < 4.78 is 6.22. The zero-order chi connectivity index (χ0) is 20.8. The fraction of sp³-hybridized carbons (Fsp3) is 0.429. The van der Waals surface area contributed by atoms with E-state index in [1.54, 1.807) is 4.90 Å². The van der Waals surface area contributed by atoms with Crippen LogP contribution in [-0.2, 0) is 27.3 Å². The number of rotatable bonds is 6. The number of ether oxygens (including phenoxy) is 1. The Balaban J connectivity index is 1.47. The largest absolute Gasteiger partial charge is 0.451 e. The van der Waals surface area contributed by atoms with Crippen molar-refractivity contribution in [1.29, 1.82) is 0 Å². The third kappa shape index (κ3) is 5.66. The van der Waals surface area contributed by atoms with E-state index in [1.165, 1.54) is 18.7 Å². The molecule has 0 saturated carbocycles. The number of carbonyl (C=O) groups excluding carboxylic acids is 2. The minimum atomic E-state index is -0.924. The lowest BCUT2D eigenvalue weighted by atomic mass is 9.90. The van der Waals surface area contributed by atoms with Gasteiger partial charge in [-0.25, -0.2) is 4.79 Å². The van der Waals surface area contributed by atoms with Crippen molar-refractivity contribution in [2.75, 3.05) is 13.1 Å². The molecule has 1 aromatic heterocycles. The van der Waals surface area contributed by atoms with Gasteiger partial charge in [-0.15, -0.1) is 0 Å². The molecule has 1 aliphatic rings. The van der Waals surface area contributed by atoms with Crippen LogP contribution in [0.5, 0.6) is 0 Å². The highest BCUT2D eigenvalue weighted by Crippen LogP contribution is 2.22. The van der Waals surface area contributed by atoms with Crippen molar-refractivity contribution in [3.8, 4) is 0 Å². The molecule has 2 heterocycles. The molecule has 1 aromatic carbocycles. The Labute approximate surface area is 168 Å². The number of H-pyrrole nitrogens is 1. The molecule has 2 aromatic rings. The van der Waals surface area contributed by atoms with Gasteiger partial charge in [-0.1, -0.05) is 30.3 Å². The predicted octanol–water partition coefficient (Wildman–Crippen LogP) is 0.950. The number of piperidine rings is 1. The van der Waals surface area contributed by atoms with Gasteiger partial charge >= 0.3 is 11.7 Å². The van der Waals surface area contributed by atoms with E-state index < -0.39 is 23.3 Å². The molecule has 29 heavy (non-hydrogen) atoms. The van der Waals surface area contributed by atoms with E-state index in [4.69, 9.17) is 4.74 Å². The molecule has 0 radical (unpaired) electrons. The Hall–Kier alpha value is -3.16. The van der Waals surface area contributed by atoms with Crippen LogP contribution >= 0.6 is 0 Å². The summed E-state index contributed by atoms with van der Waals surface area (Å²) >= 11 is 0. The topological polar surface area (TPSA) is 101 Å². The van der Waals surface area contributed by atoms with Crippen LogP contribution in [0.2, 0.25) is 0 Å². The summed E-state index contributed by atoms with van der Waals surface area (Å²) in [5.74, 6) is -0.407. The number of aromatic nitrogens is 2. The van der Waals surface area contributed by atoms with E-state index in [1.807, 2.05) is 18.2 Å². The summed E-state index contributed by atoms with van der Waals surface area (Å²) in [6.45, 7) is 2.44. The van der Waals surface area contributed by atoms with Gasteiger partial charge in [0, 0.05) is 25.4 Å². The van der Waals surface area contributed by atoms with Crippen LogP contribution in [0.25, 0.3) is 0 Å². The van der Waals surface area contributed by atoms with Gasteiger partial charge in [0.15, 0.2) is 6.10 Å². The molecule has 1 saturated heterocycles. The zero-order valence-electron chi connectivity index (χ0n) is 16.4. The molecule has 0 aliphatic carbocycles. The molecule has 8 nitrogen and oxygen atoms in total. The lowest BCUT2D eigenvalue weighted by Crippen LogP contribution is -2.45. The first-order valence-electron chi connectivity index (χ1n) is 9.74. The third-order valence-electron chi connectivity index (χ3n) is 5.15. The summed E-state index contributed by atoms with van der Waals surface area (Å²) in [5.41, 5.74) is 0.0600. The molecule has 0 spiro atoms. The third-order valence-corrected chi connectivity index (χ3v) is 5.15. The average Bonchev–Trinajstić information content (AvgIpc) is 2.71. The Morgan fingerprint density at radius 2 is 1.83 bits per heavy atom. The number of benzene rings is 1. The van der Waals surface area contributed by atoms with Crippen LogP contribution in [0.3, 0.4) is 0 Å². The van der Waals surface area contributed by atoms with Crippen molar-refractivity contribution in [2.24, 2.45) is 5.92 Å². The van der Waals surface area contributed by atoms with Crippen molar-refractivity contribution in [1.82, 2.24) is 14.5 Å². The first-order valence-corrected chi connectivity index (χ1v) is 9.74. The number of nitrogens with one attached hydrogen (secondary N) is 1. The number of hydrogen-bond acceptors (Lipinski definition) is 5. The van der Waals surface area contributed by atoms with Gasteiger partial charge in [0.05, 0.1) is 0 Å². The number of esters is 1. The Bertz CT molecular complexity index is 958. The maximum Gasteiger partial charge on any atom is 0.328 e. The minimum Gasteiger partial charge on any atom is -0.451 e. The first-order chi connectivity index (χ1) is 13.9. The maximum atomic E-state index is 12.6. The molecular weight excluding hydrogens is 374 g/mol. The Morgan fingerprint density at radius 1 is 1.14 bits per heavy atom. The van der Waals surface area contributed by atoms with Gasteiger partial charge in [-0.3, -0.25) is 23.9 Å². The number of carbonyl (C=O) groups is 2. The number of likely N-dealkylation sites (tertiary alicyclic amines) is 1. The number of hydrogen-bond donors (Lipinski definition) is 1. The van der Waals surface area contributed by atoms with E-state index >= 15 is 0 Å². The highest BCUT2D eigenvalue weighted by molar-refractivity contribution is 5.83. The summed E-state index contributed by atoms with van der Waals surface area (Å²) in [4.78, 5) is 51.1. The van der Waals surface area contributed by atoms with Crippen molar-refractivity contribution in [2.45, 2.75) is 38.8 Å². The highest BCUT2D eigenvalue weighted by Gasteiger charge is 2.28. The standard InChI is InChI=1S/C21H25N3O5/c1-15(29-19(26)14-24-12-9-18(25)22-21(24)28)20(27)23-10-7-17(8-11-23)13-16-5-3-2-4-6-16/h2-6,9,12,15,17H,7-8,10-11,13-14H2,1H3,(H,22,25,28)/t15-/m1/s1. The van der Waals surface area contributed by atoms with Crippen LogP contribution in [0.15, 0.2) is 52.2 Å². The molecule has 1 amide bonds. The van der Waals surface area contributed by atoms with Crippen molar-refractivity contribution in [3.05, 3.63) is 69.0 Å². The lowest BCUT2D eigenvalue weighted by Gasteiger charge is -2.33.